The second-order valence-electron chi connectivity index (χ2n) is 10.7. The zero-order chi connectivity index (χ0) is 29.8. The van der Waals surface area contributed by atoms with Crippen molar-refractivity contribution < 1.29 is 29.0 Å². The number of cyclic esters (lactones) is 1. The molecule has 0 saturated carbocycles. The second kappa shape index (κ2) is 12.3. The van der Waals surface area contributed by atoms with Gasteiger partial charge in [-0.2, -0.15) is 0 Å². The van der Waals surface area contributed by atoms with E-state index in [9.17, 15) is 24.3 Å². The Morgan fingerprint density at radius 1 is 1.02 bits per heavy atom. The van der Waals surface area contributed by atoms with E-state index in [0.29, 0.717) is 0 Å². The second-order valence-corrected chi connectivity index (χ2v) is 10.7. The number of ether oxygens (including phenoxy) is 1. The Balaban J connectivity index is 1.48. The van der Waals surface area contributed by atoms with Gasteiger partial charge in [-0.1, -0.05) is 103 Å². The third kappa shape index (κ3) is 5.90. The van der Waals surface area contributed by atoms with Crippen molar-refractivity contribution in [1.82, 2.24) is 14.7 Å². The van der Waals surface area contributed by atoms with Gasteiger partial charge in [0.25, 0.3) is 0 Å². The summed E-state index contributed by atoms with van der Waals surface area (Å²) in [5.74, 6) is -2.20. The lowest BCUT2D eigenvalue weighted by atomic mass is 9.87. The molecule has 0 bridgehead atoms. The summed E-state index contributed by atoms with van der Waals surface area (Å²) in [4.78, 5) is 56.9. The molecule has 3 aromatic rings. The minimum absolute atomic E-state index is 0.0818. The van der Waals surface area contributed by atoms with Crippen molar-refractivity contribution in [2.45, 2.75) is 44.1 Å². The van der Waals surface area contributed by atoms with Gasteiger partial charge in [0, 0.05) is 13.6 Å². The predicted octanol–water partition coefficient (Wildman–Crippen LogP) is 4.28. The average molecular weight is 568 g/mol. The van der Waals surface area contributed by atoms with E-state index in [-0.39, 0.29) is 13.2 Å². The molecule has 9 heteroatoms. The van der Waals surface area contributed by atoms with Gasteiger partial charge in [-0.05, 0) is 23.6 Å². The Labute approximate surface area is 244 Å². The van der Waals surface area contributed by atoms with Crippen LogP contribution in [0.4, 0.5) is 4.79 Å². The summed E-state index contributed by atoms with van der Waals surface area (Å²) < 4.78 is 5.39. The highest BCUT2D eigenvalue weighted by Gasteiger charge is 2.58. The smallest absolute Gasteiger partial charge is 0.411 e. The fraction of sp³-hybridized carbons (Fsp3) is 0.273. The summed E-state index contributed by atoms with van der Waals surface area (Å²) in [6.07, 6.45) is 2.38. The lowest BCUT2D eigenvalue weighted by Gasteiger charge is -2.52. The van der Waals surface area contributed by atoms with Crippen LogP contribution >= 0.6 is 0 Å². The lowest BCUT2D eigenvalue weighted by Crippen LogP contribution is -2.74. The number of carboxylic acid groups (broad SMARTS) is 1. The maximum atomic E-state index is 13.9. The number of carbonyl (C=O) groups is 4. The predicted molar refractivity (Wildman–Crippen MR) is 156 cm³/mol. The molecule has 0 aromatic heterocycles. The number of hydrogen-bond acceptors (Lipinski definition) is 5. The van der Waals surface area contributed by atoms with Crippen LogP contribution in [-0.4, -0.2) is 75.5 Å². The zero-order valence-corrected chi connectivity index (χ0v) is 23.5. The van der Waals surface area contributed by atoms with Crippen LogP contribution < -0.4 is 0 Å². The number of carbonyl (C=O) groups excluding carboxylic acids is 3. The number of likely N-dealkylation sites (tertiary alicyclic amines) is 1. The highest BCUT2D eigenvalue weighted by molar-refractivity contribution is 5.99. The quantitative estimate of drug-likeness (QED) is 0.367. The lowest BCUT2D eigenvalue weighted by molar-refractivity contribution is -0.167. The number of rotatable bonds is 10. The first-order valence-electron chi connectivity index (χ1n) is 13.8. The van der Waals surface area contributed by atoms with Crippen LogP contribution in [-0.2, 0) is 25.7 Å². The van der Waals surface area contributed by atoms with Crippen LogP contribution in [0, 0.1) is 6.92 Å². The molecule has 1 N–H and O–H groups in total. The number of β-lactam (4-membered cyclic amide) rings is 1. The monoisotopic (exact) mass is 567 g/mol. The summed E-state index contributed by atoms with van der Waals surface area (Å²) in [7, 11) is 1.60. The van der Waals surface area contributed by atoms with Crippen LogP contribution in [0.3, 0.4) is 0 Å². The molecule has 216 valence electrons. The van der Waals surface area contributed by atoms with Gasteiger partial charge in [-0.15, -0.1) is 0 Å². The van der Waals surface area contributed by atoms with Gasteiger partial charge in [0.05, 0.1) is 18.5 Å². The number of amides is 3. The fourth-order valence-electron chi connectivity index (χ4n) is 5.69. The van der Waals surface area contributed by atoms with Crippen LogP contribution in [0.25, 0.3) is 6.08 Å². The van der Waals surface area contributed by atoms with Crippen molar-refractivity contribution in [1.29, 1.82) is 0 Å². The maximum absolute atomic E-state index is 13.9. The molecule has 0 aliphatic carbocycles. The third-order valence-corrected chi connectivity index (χ3v) is 7.70. The molecular formula is C33H33N3O6. The largest absolute Gasteiger partial charge is 0.481 e. The SMILES string of the molecule is Cc1cccc(CN(C)C(=O)[C@@H](CC(=O)O)N2C(=O)[C@@H](N3C(=O)OC[C@@H]3c3ccccc3)[C@H]2/C=C/c2ccccc2)c1. The van der Waals surface area contributed by atoms with Gasteiger partial charge >= 0.3 is 12.1 Å². The molecule has 5 rings (SSSR count). The fourth-order valence-corrected chi connectivity index (χ4v) is 5.69. The first-order valence-corrected chi connectivity index (χ1v) is 13.8. The molecule has 2 aliphatic heterocycles. The molecule has 2 heterocycles. The van der Waals surface area contributed by atoms with Gasteiger partial charge in [0.1, 0.15) is 18.7 Å². The van der Waals surface area contributed by atoms with E-state index in [4.69, 9.17) is 4.74 Å². The van der Waals surface area contributed by atoms with Crippen molar-refractivity contribution in [3.63, 3.8) is 0 Å². The molecule has 0 radical (unpaired) electrons. The number of benzene rings is 3. The van der Waals surface area contributed by atoms with Gasteiger partial charge in [0.15, 0.2) is 0 Å². The molecular weight excluding hydrogens is 534 g/mol. The van der Waals surface area contributed by atoms with Crippen LogP contribution in [0.5, 0.6) is 0 Å². The van der Waals surface area contributed by atoms with Gasteiger partial charge < -0.3 is 19.6 Å². The molecule has 3 aromatic carbocycles. The van der Waals surface area contributed by atoms with Crippen LogP contribution in [0.2, 0.25) is 0 Å². The van der Waals surface area contributed by atoms with E-state index in [2.05, 4.69) is 0 Å². The summed E-state index contributed by atoms with van der Waals surface area (Å²) >= 11 is 0. The topological polar surface area (TPSA) is 107 Å². The highest BCUT2D eigenvalue weighted by atomic mass is 16.6. The molecule has 2 aliphatic rings. The van der Waals surface area contributed by atoms with Crippen molar-refractivity contribution in [3.8, 4) is 0 Å². The number of aryl methyl sites for hydroxylation is 1. The minimum atomic E-state index is -1.26. The molecule has 3 amide bonds. The summed E-state index contributed by atoms with van der Waals surface area (Å²) in [5, 5.41) is 9.79. The minimum Gasteiger partial charge on any atom is -0.481 e. The van der Waals surface area contributed by atoms with E-state index in [1.807, 2.05) is 97.9 Å². The Bertz CT molecular complexity index is 1490. The van der Waals surface area contributed by atoms with E-state index in [1.165, 1.54) is 14.7 Å². The van der Waals surface area contributed by atoms with Crippen molar-refractivity contribution >= 4 is 30.0 Å². The average Bonchev–Trinajstić information content (AvgIpc) is 3.35. The van der Waals surface area contributed by atoms with Crippen LogP contribution in [0.1, 0.15) is 34.7 Å². The standard InChI is InChI=1S/C33H33N3O6/c1-22-10-9-13-24(18-22)20-34(2)31(39)27(19-29(37)38)35-26(17-16-23-11-5-3-6-12-23)30(32(35)40)36-28(21-42-33(36)41)25-14-7-4-8-15-25/h3-18,26-28,30H,19-21H2,1-2H3,(H,37,38)/b17-16+/t26-,27-,28-,30+/m1/s1. The summed E-state index contributed by atoms with van der Waals surface area (Å²) in [6.45, 7) is 2.28. The van der Waals surface area contributed by atoms with Gasteiger partial charge in [-0.3, -0.25) is 19.3 Å². The van der Waals surface area contributed by atoms with E-state index in [1.54, 1.807) is 13.1 Å². The molecule has 2 fully saturated rings. The summed E-state index contributed by atoms with van der Waals surface area (Å²) in [6, 6.07) is 22.9. The highest BCUT2D eigenvalue weighted by Crippen LogP contribution is 2.39. The third-order valence-electron chi connectivity index (χ3n) is 7.70. The van der Waals surface area contributed by atoms with Gasteiger partial charge in [-0.25, -0.2) is 4.79 Å². The number of aliphatic carboxylic acids is 1. The molecule has 0 unspecified atom stereocenters. The number of hydrogen-bond donors (Lipinski definition) is 1. The Kier molecular flexibility index (Phi) is 8.38. The van der Waals surface area contributed by atoms with E-state index in [0.717, 1.165) is 22.3 Å². The van der Waals surface area contributed by atoms with Crippen LogP contribution in [0.15, 0.2) is 91.0 Å². The molecule has 2 saturated heterocycles. The normalized spacial score (nSPS) is 20.8. The van der Waals surface area contributed by atoms with E-state index < -0.39 is 54.5 Å². The van der Waals surface area contributed by atoms with Crippen molar-refractivity contribution in [3.05, 3.63) is 113 Å². The Morgan fingerprint density at radius 2 is 1.71 bits per heavy atom. The summed E-state index contributed by atoms with van der Waals surface area (Å²) in [5.41, 5.74) is 3.60. The first-order chi connectivity index (χ1) is 20.2. The Morgan fingerprint density at radius 3 is 2.38 bits per heavy atom. The Hall–Kier alpha value is -4.92. The van der Waals surface area contributed by atoms with E-state index >= 15 is 0 Å². The number of nitrogens with zero attached hydrogens (tertiary/aromatic N) is 3. The molecule has 0 spiro atoms. The molecule has 4 atom stereocenters. The maximum Gasteiger partial charge on any atom is 0.411 e. The number of carboxylic acids is 1. The zero-order valence-electron chi connectivity index (χ0n) is 23.5. The van der Waals surface area contributed by atoms with Gasteiger partial charge in [0.2, 0.25) is 11.8 Å². The van der Waals surface area contributed by atoms with Crippen molar-refractivity contribution in [2.75, 3.05) is 13.7 Å². The number of likely N-dealkylation sites (N-methyl/N-ethyl adjacent to an activating group) is 1. The molecule has 42 heavy (non-hydrogen) atoms. The van der Waals surface area contributed by atoms with Crippen molar-refractivity contribution in [2.24, 2.45) is 0 Å². The first kappa shape index (κ1) is 28.6. The molecule has 9 nitrogen and oxygen atoms in total.